The minimum atomic E-state index is -0.515. The van der Waals surface area contributed by atoms with Crippen LogP contribution in [-0.2, 0) is 0 Å². The molecule has 0 aliphatic rings. The molecule has 1 N–H and O–H groups in total. The number of rotatable bonds is 4. The summed E-state index contributed by atoms with van der Waals surface area (Å²) < 4.78 is 26.7. The predicted molar refractivity (Wildman–Crippen MR) is 58.7 cm³/mol. The predicted octanol–water partition coefficient (Wildman–Crippen LogP) is 2.90. The first-order chi connectivity index (χ1) is 7.16. The van der Waals surface area contributed by atoms with E-state index in [4.69, 9.17) is 0 Å². The van der Waals surface area contributed by atoms with E-state index in [-0.39, 0.29) is 5.56 Å². The average Bonchev–Trinajstić information content (AvgIpc) is 2.23. The lowest BCUT2D eigenvalue weighted by atomic mass is 10.1. The molecular formula is C12H15F2N. The van der Waals surface area contributed by atoms with E-state index in [1.165, 1.54) is 18.2 Å². The van der Waals surface area contributed by atoms with Gasteiger partial charge in [0.1, 0.15) is 11.6 Å². The molecule has 0 saturated heterocycles. The van der Waals surface area contributed by atoms with Gasteiger partial charge in [-0.2, -0.15) is 0 Å². The third kappa shape index (κ3) is 3.13. The van der Waals surface area contributed by atoms with Crippen LogP contribution in [0, 0.1) is 18.6 Å². The van der Waals surface area contributed by atoms with Gasteiger partial charge in [-0.3, -0.25) is 0 Å². The van der Waals surface area contributed by atoms with Gasteiger partial charge in [-0.15, -0.1) is 0 Å². The summed E-state index contributed by atoms with van der Waals surface area (Å²) >= 11 is 0. The Hall–Kier alpha value is -1.22. The molecule has 0 fully saturated rings. The van der Waals surface area contributed by atoms with Gasteiger partial charge in [0.15, 0.2) is 0 Å². The van der Waals surface area contributed by atoms with E-state index in [0.29, 0.717) is 5.56 Å². The van der Waals surface area contributed by atoms with Crippen LogP contribution in [0.25, 0.3) is 6.08 Å². The molecule has 0 atom stereocenters. The van der Waals surface area contributed by atoms with Crippen molar-refractivity contribution in [3.8, 4) is 0 Å². The van der Waals surface area contributed by atoms with Crippen molar-refractivity contribution >= 4 is 6.08 Å². The molecule has 15 heavy (non-hydrogen) atoms. The van der Waals surface area contributed by atoms with Crippen molar-refractivity contribution in [2.75, 3.05) is 13.6 Å². The molecule has 0 bridgehead atoms. The molecule has 0 spiro atoms. The van der Waals surface area contributed by atoms with Crippen molar-refractivity contribution in [3.05, 3.63) is 41.0 Å². The van der Waals surface area contributed by atoms with Crippen molar-refractivity contribution in [2.24, 2.45) is 0 Å². The second-order valence-electron chi connectivity index (χ2n) is 3.39. The number of hydrogen-bond acceptors (Lipinski definition) is 1. The SMILES string of the molecule is CNCC/C=C/c1c(F)ccc(C)c1F. The molecule has 0 aliphatic heterocycles. The van der Waals surface area contributed by atoms with Gasteiger partial charge < -0.3 is 5.32 Å². The lowest BCUT2D eigenvalue weighted by Gasteiger charge is -2.02. The number of halogens is 2. The fraction of sp³-hybridized carbons (Fsp3) is 0.333. The largest absolute Gasteiger partial charge is 0.319 e. The quantitative estimate of drug-likeness (QED) is 0.755. The van der Waals surface area contributed by atoms with Crippen LogP contribution in [0.4, 0.5) is 8.78 Å². The van der Waals surface area contributed by atoms with Crippen molar-refractivity contribution in [1.82, 2.24) is 5.32 Å². The third-order valence-corrected chi connectivity index (χ3v) is 2.17. The standard InChI is InChI=1S/C12H15F2N/c1-9-6-7-11(13)10(12(9)14)5-3-4-8-15-2/h3,5-7,15H,4,8H2,1-2H3/b5-3+. The van der Waals surface area contributed by atoms with Gasteiger partial charge in [-0.25, -0.2) is 8.78 Å². The maximum Gasteiger partial charge on any atom is 0.136 e. The molecule has 0 saturated carbocycles. The molecule has 0 aromatic heterocycles. The summed E-state index contributed by atoms with van der Waals surface area (Å²) in [6.07, 6.45) is 4.01. The molecule has 1 aromatic rings. The first-order valence-electron chi connectivity index (χ1n) is 4.92. The van der Waals surface area contributed by atoms with Crippen molar-refractivity contribution in [2.45, 2.75) is 13.3 Å². The highest BCUT2D eigenvalue weighted by atomic mass is 19.1. The average molecular weight is 211 g/mol. The van der Waals surface area contributed by atoms with Gasteiger partial charge in [-0.05, 0) is 38.6 Å². The zero-order chi connectivity index (χ0) is 11.3. The molecule has 0 radical (unpaired) electrons. The number of aryl methyl sites for hydroxylation is 1. The van der Waals surface area contributed by atoms with Crippen molar-refractivity contribution in [3.63, 3.8) is 0 Å². The summed E-state index contributed by atoms with van der Waals surface area (Å²) in [4.78, 5) is 0. The normalized spacial score (nSPS) is 11.2. The molecular weight excluding hydrogens is 196 g/mol. The minimum Gasteiger partial charge on any atom is -0.319 e. The van der Waals surface area contributed by atoms with Gasteiger partial charge in [0, 0.05) is 5.56 Å². The Morgan fingerprint density at radius 1 is 1.33 bits per heavy atom. The molecule has 1 aromatic carbocycles. The van der Waals surface area contributed by atoms with Crippen LogP contribution in [0.5, 0.6) is 0 Å². The molecule has 0 heterocycles. The lowest BCUT2D eigenvalue weighted by molar-refractivity contribution is 0.572. The third-order valence-electron chi connectivity index (χ3n) is 2.17. The summed E-state index contributed by atoms with van der Waals surface area (Å²) in [6, 6.07) is 2.73. The van der Waals surface area contributed by atoms with E-state index in [1.54, 1.807) is 13.0 Å². The summed E-state index contributed by atoms with van der Waals surface area (Å²) in [7, 11) is 1.83. The van der Waals surface area contributed by atoms with Crippen LogP contribution in [0.2, 0.25) is 0 Å². The fourth-order valence-corrected chi connectivity index (χ4v) is 1.26. The van der Waals surface area contributed by atoms with Crippen LogP contribution in [-0.4, -0.2) is 13.6 Å². The van der Waals surface area contributed by atoms with E-state index in [1.807, 2.05) is 7.05 Å². The zero-order valence-corrected chi connectivity index (χ0v) is 8.98. The maximum atomic E-state index is 13.5. The highest BCUT2D eigenvalue weighted by Gasteiger charge is 2.07. The first kappa shape index (κ1) is 11.9. The molecule has 0 aliphatic carbocycles. The van der Waals surface area contributed by atoms with Crippen LogP contribution in [0.3, 0.4) is 0 Å². The molecule has 1 nitrogen and oxygen atoms in total. The van der Waals surface area contributed by atoms with E-state index < -0.39 is 11.6 Å². The Balaban J connectivity index is 2.84. The van der Waals surface area contributed by atoms with E-state index in [9.17, 15) is 8.78 Å². The molecule has 0 amide bonds. The van der Waals surface area contributed by atoms with Gasteiger partial charge >= 0.3 is 0 Å². The smallest absolute Gasteiger partial charge is 0.136 e. The summed E-state index contributed by atoms with van der Waals surface area (Å²) in [5.41, 5.74) is 0.510. The molecule has 0 unspecified atom stereocenters. The maximum absolute atomic E-state index is 13.5. The van der Waals surface area contributed by atoms with E-state index in [2.05, 4.69) is 5.32 Å². The van der Waals surface area contributed by atoms with Gasteiger partial charge in [0.2, 0.25) is 0 Å². The van der Waals surface area contributed by atoms with E-state index >= 15 is 0 Å². The van der Waals surface area contributed by atoms with Crippen LogP contribution in [0.1, 0.15) is 17.5 Å². The second-order valence-corrected chi connectivity index (χ2v) is 3.39. The summed E-state index contributed by atoms with van der Waals surface area (Å²) in [6.45, 7) is 2.42. The van der Waals surface area contributed by atoms with Crippen LogP contribution in [0.15, 0.2) is 18.2 Å². The highest BCUT2D eigenvalue weighted by molar-refractivity contribution is 5.52. The Labute approximate surface area is 88.8 Å². The highest BCUT2D eigenvalue weighted by Crippen LogP contribution is 2.17. The van der Waals surface area contributed by atoms with Crippen molar-refractivity contribution < 1.29 is 8.78 Å². The van der Waals surface area contributed by atoms with Gasteiger partial charge in [0.05, 0.1) is 0 Å². The Kier molecular flexibility index (Phi) is 4.43. The first-order valence-corrected chi connectivity index (χ1v) is 4.92. The Morgan fingerprint density at radius 3 is 2.73 bits per heavy atom. The molecule has 82 valence electrons. The van der Waals surface area contributed by atoms with Crippen LogP contribution >= 0.6 is 0 Å². The van der Waals surface area contributed by atoms with Gasteiger partial charge in [0.25, 0.3) is 0 Å². The summed E-state index contributed by atoms with van der Waals surface area (Å²) in [5, 5.41) is 2.96. The van der Waals surface area contributed by atoms with Crippen molar-refractivity contribution in [1.29, 1.82) is 0 Å². The number of nitrogens with one attached hydrogen (secondary N) is 1. The number of hydrogen-bond donors (Lipinski definition) is 1. The Morgan fingerprint density at radius 2 is 2.07 bits per heavy atom. The summed E-state index contributed by atoms with van der Waals surface area (Å²) in [5.74, 6) is -0.991. The Bertz CT molecular complexity index is 359. The lowest BCUT2D eigenvalue weighted by Crippen LogP contribution is -2.05. The molecule has 1 rings (SSSR count). The minimum absolute atomic E-state index is 0.0473. The van der Waals surface area contributed by atoms with E-state index in [0.717, 1.165) is 13.0 Å². The fourth-order valence-electron chi connectivity index (χ4n) is 1.26. The van der Waals surface area contributed by atoms with Gasteiger partial charge in [-0.1, -0.05) is 18.2 Å². The second kappa shape index (κ2) is 5.61. The molecule has 3 heteroatoms. The van der Waals surface area contributed by atoms with Crippen LogP contribution < -0.4 is 5.32 Å². The monoisotopic (exact) mass is 211 g/mol. The zero-order valence-electron chi connectivity index (χ0n) is 8.98. The topological polar surface area (TPSA) is 12.0 Å². The number of benzene rings is 1.